The van der Waals surface area contributed by atoms with Gasteiger partial charge in [-0.15, -0.1) is 0 Å². The summed E-state index contributed by atoms with van der Waals surface area (Å²) in [5.74, 6) is -1.87. The molecule has 0 aromatic heterocycles. The van der Waals surface area contributed by atoms with Gasteiger partial charge in [0.05, 0.1) is 4.92 Å². The Morgan fingerprint density at radius 3 is 2.58 bits per heavy atom. The van der Waals surface area contributed by atoms with Gasteiger partial charge in [0.15, 0.2) is 6.61 Å². The summed E-state index contributed by atoms with van der Waals surface area (Å²) in [4.78, 5) is 33.9. The van der Waals surface area contributed by atoms with Crippen LogP contribution in [0.3, 0.4) is 0 Å². The van der Waals surface area contributed by atoms with Crippen molar-refractivity contribution in [2.75, 3.05) is 11.9 Å². The summed E-state index contributed by atoms with van der Waals surface area (Å²) in [6, 6.07) is 9.82. The van der Waals surface area contributed by atoms with E-state index < -0.39 is 29.2 Å². The zero-order valence-corrected chi connectivity index (χ0v) is 13.8. The normalized spacial score (nSPS) is 10.5. The molecule has 0 fully saturated rings. The van der Waals surface area contributed by atoms with E-state index in [9.17, 15) is 24.1 Å². The molecular formula is C18H15FN2O5. The predicted octanol–water partition coefficient (Wildman–Crippen LogP) is 3.24. The lowest BCUT2D eigenvalue weighted by Crippen LogP contribution is -2.21. The van der Waals surface area contributed by atoms with Crippen LogP contribution < -0.4 is 5.32 Å². The lowest BCUT2D eigenvalue weighted by Gasteiger charge is -2.08. The van der Waals surface area contributed by atoms with Crippen LogP contribution in [-0.4, -0.2) is 23.4 Å². The molecule has 0 saturated carbocycles. The molecule has 134 valence electrons. The van der Waals surface area contributed by atoms with E-state index in [1.807, 2.05) is 0 Å². The molecule has 8 heteroatoms. The Labute approximate surface area is 148 Å². The average Bonchev–Trinajstić information content (AvgIpc) is 2.61. The Bertz CT molecular complexity index is 862. The highest BCUT2D eigenvalue weighted by Crippen LogP contribution is 2.27. The molecule has 0 atom stereocenters. The summed E-state index contributed by atoms with van der Waals surface area (Å²) in [6.45, 7) is 1.01. The first kappa shape index (κ1) is 18.8. The maximum absolute atomic E-state index is 12.8. The van der Waals surface area contributed by atoms with Gasteiger partial charge in [0.2, 0.25) is 0 Å². The number of amides is 1. The van der Waals surface area contributed by atoms with Gasteiger partial charge < -0.3 is 10.1 Å². The van der Waals surface area contributed by atoms with E-state index in [0.717, 1.165) is 6.08 Å². The number of nitro benzene ring substituents is 1. The molecule has 0 spiro atoms. The van der Waals surface area contributed by atoms with Crippen LogP contribution in [0.5, 0.6) is 0 Å². The van der Waals surface area contributed by atoms with Crippen LogP contribution in [0.15, 0.2) is 48.5 Å². The van der Waals surface area contributed by atoms with Crippen molar-refractivity contribution in [3.05, 3.63) is 75.6 Å². The second-order valence-corrected chi connectivity index (χ2v) is 5.27. The number of esters is 1. The zero-order chi connectivity index (χ0) is 19.1. The lowest BCUT2D eigenvalue weighted by molar-refractivity contribution is -0.384. The average molecular weight is 358 g/mol. The van der Waals surface area contributed by atoms with Crippen LogP contribution in [-0.2, 0) is 14.3 Å². The van der Waals surface area contributed by atoms with Crippen LogP contribution >= 0.6 is 0 Å². The number of nitro groups is 1. The molecule has 0 aliphatic rings. The SMILES string of the molecule is Cc1cccc([N+](=O)[O-])c1NC(=O)COC(=O)/C=C/c1ccc(F)cc1. The number of anilines is 1. The van der Waals surface area contributed by atoms with Gasteiger partial charge in [-0.2, -0.15) is 0 Å². The summed E-state index contributed by atoms with van der Waals surface area (Å²) >= 11 is 0. The minimum atomic E-state index is -0.774. The molecule has 0 aliphatic heterocycles. The van der Waals surface area contributed by atoms with Gasteiger partial charge in [0.1, 0.15) is 11.5 Å². The maximum atomic E-state index is 12.8. The molecule has 0 saturated heterocycles. The molecule has 2 aromatic rings. The zero-order valence-electron chi connectivity index (χ0n) is 13.8. The van der Waals surface area contributed by atoms with E-state index in [1.165, 1.54) is 42.5 Å². The fourth-order valence-corrected chi connectivity index (χ4v) is 2.07. The highest BCUT2D eigenvalue weighted by molar-refractivity contribution is 5.96. The number of carbonyl (C=O) groups is 2. The largest absolute Gasteiger partial charge is 0.452 e. The predicted molar refractivity (Wildman–Crippen MR) is 92.9 cm³/mol. The van der Waals surface area contributed by atoms with Gasteiger partial charge in [-0.3, -0.25) is 14.9 Å². The lowest BCUT2D eigenvalue weighted by atomic mass is 10.1. The number of hydrogen-bond acceptors (Lipinski definition) is 5. The Morgan fingerprint density at radius 1 is 1.23 bits per heavy atom. The number of para-hydroxylation sites is 1. The smallest absolute Gasteiger partial charge is 0.331 e. The number of nitrogens with zero attached hydrogens (tertiary/aromatic N) is 1. The van der Waals surface area contributed by atoms with Crippen LogP contribution in [0.4, 0.5) is 15.8 Å². The van der Waals surface area contributed by atoms with Crippen molar-refractivity contribution in [2.24, 2.45) is 0 Å². The fourth-order valence-electron chi connectivity index (χ4n) is 2.07. The molecule has 0 unspecified atom stereocenters. The third kappa shape index (κ3) is 5.23. The van der Waals surface area contributed by atoms with E-state index in [4.69, 9.17) is 4.74 Å². The summed E-state index contributed by atoms with van der Waals surface area (Å²) in [7, 11) is 0. The molecule has 0 aliphatic carbocycles. The maximum Gasteiger partial charge on any atom is 0.331 e. The number of rotatable bonds is 6. The summed E-state index contributed by atoms with van der Waals surface area (Å²) < 4.78 is 17.6. The summed E-state index contributed by atoms with van der Waals surface area (Å²) in [5.41, 5.74) is 0.903. The van der Waals surface area contributed by atoms with Crippen LogP contribution in [0.25, 0.3) is 6.08 Å². The number of carbonyl (C=O) groups excluding carboxylic acids is 2. The minimum absolute atomic E-state index is 0.0559. The van der Waals surface area contributed by atoms with Crippen molar-refractivity contribution in [1.82, 2.24) is 0 Å². The van der Waals surface area contributed by atoms with E-state index in [-0.39, 0.29) is 11.4 Å². The fraction of sp³-hybridized carbons (Fsp3) is 0.111. The highest BCUT2D eigenvalue weighted by atomic mass is 19.1. The topological polar surface area (TPSA) is 98.5 Å². The number of aryl methyl sites for hydroxylation is 1. The van der Waals surface area contributed by atoms with Gasteiger partial charge >= 0.3 is 5.97 Å². The Hall–Kier alpha value is -3.55. The molecule has 0 bridgehead atoms. The number of halogens is 1. The van der Waals surface area contributed by atoms with Crippen LogP contribution in [0.2, 0.25) is 0 Å². The van der Waals surface area contributed by atoms with Gasteiger partial charge in [-0.05, 0) is 36.3 Å². The molecule has 26 heavy (non-hydrogen) atoms. The van der Waals surface area contributed by atoms with Crippen LogP contribution in [0, 0.1) is 22.9 Å². The van der Waals surface area contributed by atoms with Crippen molar-refractivity contribution >= 4 is 29.3 Å². The number of ether oxygens (including phenoxy) is 1. The number of benzene rings is 2. The van der Waals surface area contributed by atoms with Gasteiger partial charge in [0, 0.05) is 12.1 Å². The first-order valence-corrected chi connectivity index (χ1v) is 7.51. The summed E-state index contributed by atoms with van der Waals surface area (Å²) in [6.07, 6.45) is 2.50. The third-order valence-corrected chi connectivity index (χ3v) is 3.34. The Morgan fingerprint density at radius 2 is 1.92 bits per heavy atom. The van der Waals surface area contributed by atoms with Crippen molar-refractivity contribution < 1.29 is 23.6 Å². The summed E-state index contributed by atoms with van der Waals surface area (Å²) in [5, 5.41) is 13.4. The van der Waals surface area contributed by atoms with Gasteiger partial charge in [0.25, 0.3) is 11.6 Å². The van der Waals surface area contributed by atoms with E-state index in [0.29, 0.717) is 11.1 Å². The monoisotopic (exact) mass is 358 g/mol. The molecule has 1 amide bonds. The molecule has 0 radical (unpaired) electrons. The highest BCUT2D eigenvalue weighted by Gasteiger charge is 2.18. The molecule has 2 aromatic carbocycles. The van der Waals surface area contributed by atoms with E-state index >= 15 is 0 Å². The second-order valence-electron chi connectivity index (χ2n) is 5.27. The van der Waals surface area contributed by atoms with Gasteiger partial charge in [-0.25, -0.2) is 9.18 Å². The third-order valence-electron chi connectivity index (χ3n) is 3.34. The van der Waals surface area contributed by atoms with Crippen molar-refractivity contribution in [1.29, 1.82) is 0 Å². The van der Waals surface area contributed by atoms with Crippen LogP contribution in [0.1, 0.15) is 11.1 Å². The minimum Gasteiger partial charge on any atom is -0.452 e. The molecular weight excluding hydrogens is 343 g/mol. The van der Waals surface area contributed by atoms with Crippen molar-refractivity contribution in [3.63, 3.8) is 0 Å². The molecule has 0 heterocycles. The number of nitrogens with one attached hydrogen (secondary N) is 1. The molecule has 1 N–H and O–H groups in total. The van der Waals surface area contributed by atoms with Gasteiger partial charge in [-0.1, -0.05) is 24.3 Å². The first-order chi connectivity index (χ1) is 12.4. The molecule has 7 nitrogen and oxygen atoms in total. The first-order valence-electron chi connectivity index (χ1n) is 7.51. The van der Waals surface area contributed by atoms with Crippen molar-refractivity contribution in [2.45, 2.75) is 6.92 Å². The second kappa shape index (κ2) is 8.52. The molecule has 2 rings (SSSR count). The van der Waals surface area contributed by atoms with E-state index in [1.54, 1.807) is 13.0 Å². The Balaban J connectivity index is 1.92. The number of hydrogen-bond donors (Lipinski definition) is 1. The Kier molecular flexibility index (Phi) is 6.15. The quantitative estimate of drug-likeness (QED) is 0.370. The van der Waals surface area contributed by atoms with E-state index in [2.05, 4.69) is 5.32 Å². The van der Waals surface area contributed by atoms with Crippen molar-refractivity contribution in [3.8, 4) is 0 Å². The standard InChI is InChI=1S/C18H15FN2O5/c1-12-3-2-4-15(21(24)25)18(12)20-16(22)11-26-17(23)10-7-13-5-8-14(19)9-6-13/h2-10H,11H2,1H3,(H,20,22)/b10-7+.